The molecule has 2 fully saturated rings. The van der Waals surface area contributed by atoms with E-state index in [1.54, 1.807) is 6.26 Å². The largest absolute Gasteiger partial charge is 0.462 e. The molecule has 0 saturated carbocycles. The average Bonchev–Trinajstić information content (AvgIpc) is 3.24. The molecule has 5 nitrogen and oxygen atoms in total. The molecule has 22 heavy (non-hydrogen) atoms. The maximum atomic E-state index is 12.8. The number of carbonyl (C=O) groups is 1. The van der Waals surface area contributed by atoms with Crippen LogP contribution in [0.15, 0.2) is 28.2 Å². The number of nitrogens with zero attached hydrogens (tertiary/aromatic N) is 2. The van der Waals surface area contributed by atoms with Crippen LogP contribution in [-0.2, 0) is 4.74 Å². The van der Waals surface area contributed by atoms with Crippen molar-refractivity contribution in [2.45, 2.75) is 17.7 Å². The predicted octanol–water partition coefficient (Wildman–Crippen LogP) is 2.75. The maximum absolute atomic E-state index is 12.8. The SMILES string of the molecule is O=C(c1csc(-c2ccco2)n1)N1CCS[C@H]2COCC[C@H]21. The Kier molecular flexibility index (Phi) is 3.94. The van der Waals surface area contributed by atoms with Gasteiger partial charge in [0, 0.05) is 35.6 Å². The van der Waals surface area contributed by atoms with Gasteiger partial charge in [0.2, 0.25) is 0 Å². The Morgan fingerprint density at radius 2 is 2.41 bits per heavy atom. The fourth-order valence-corrected chi connectivity index (χ4v) is 5.03. The maximum Gasteiger partial charge on any atom is 0.273 e. The number of ether oxygens (including phenoxy) is 1. The third kappa shape index (κ3) is 2.57. The molecule has 0 aliphatic carbocycles. The average molecular weight is 336 g/mol. The quantitative estimate of drug-likeness (QED) is 0.844. The molecule has 0 radical (unpaired) electrons. The highest BCUT2D eigenvalue weighted by atomic mass is 32.2. The summed E-state index contributed by atoms with van der Waals surface area (Å²) >= 11 is 3.36. The Hall–Kier alpha value is -1.31. The Bertz CT molecular complexity index is 654. The molecular weight excluding hydrogens is 320 g/mol. The lowest BCUT2D eigenvalue weighted by molar-refractivity contribution is 0.0316. The highest BCUT2D eigenvalue weighted by Gasteiger charge is 2.37. The molecule has 0 bridgehead atoms. The van der Waals surface area contributed by atoms with Crippen LogP contribution >= 0.6 is 23.1 Å². The molecule has 2 aliphatic rings. The minimum absolute atomic E-state index is 0.0336. The van der Waals surface area contributed by atoms with Crippen LogP contribution < -0.4 is 0 Å². The van der Waals surface area contributed by atoms with Gasteiger partial charge in [-0.25, -0.2) is 4.98 Å². The summed E-state index contributed by atoms with van der Waals surface area (Å²) in [7, 11) is 0. The second kappa shape index (κ2) is 6.06. The van der Waals surface area contributed by atoms with E-state index < -0.39 is 0 Å². The van der Waals surface area contributed by atoms with Crippen LogP contribution in [-0.4, -0.2) is 52.6 Å². The number of rotatable bonds is 2. The highest BCUT2D eigenvalue weighted by molar-refractivity contribution is 8.00. The zero-order valence-electron chi connectivity index (χ0n) is 11.9. The molecule has 0 aromatic carbocycles. The van der Waals surface area contributed by atoms with E-state index in [0.717, 1.165) is 36.9 Å². The van der Waals surface area contributed by atoms with Crippen molar-refractivity contribution in [2.75, 3.05) is 25.5 Å². The van der Waals surface area contributed by atoms with Crippen molar-refractivity contribution in [1.82, 2.24) is 9.88 Å². The summed E-state index contributed by atoms with van der Waals surface area (Å²) in [6.45, 7) is 2.27. The Morgan fingerprint density at radius 3 is 3.27 bits per heavy atom. The number of carbonyl (C=O) groups excluding carboxylic acids is 1. The van der Waals surface area contributed by atoms with Gasteiger partial charge in [0.1, 0.15) is 5.69 Å². The molecule has 2 saturated heterocycles. The monoisotopic (exact) mass is 336 g/mol. The zero-order chi connectivity index (χ0) is 14.9. The zero-order valence-corrected chi connectivity index (χ0v) is 13.6. The smallest absolute Gasteiger partial charge is 0.273 e. The van der Waals surface area contributed by atoms with Crippen LogP contribution in [0.25, 0.3) is 10.8 Å². The molecule has 116 valence electrons. The molecule has 2 atom stereocenters. The van der Waals surface area contributed by atoms with Crippen LogP contribution in [0, 0.1) is 0 Å². The number of fused-ring (bicyclic) bond motifs is 1. The highest BCUT2D eigenvalue weighted by Crippen LogP contribution is 2.32. The van der Waals surface area contributed by atoms with Gasteiger partial charge < -0.3 is 14.1 Å². The number of aromatic nitrogens is 1. The molecule has 4 heterocycles. The second-order valence-electron chi connectivity index (χ2n) is 5.35. The Balaban J connectivity index is 1.56. The minimum Gasteiger partial charge on any atom is -0.462 e. The molecule has 2 aromatic heterocycles. The fraction of sp³-hybridized carbons (Fsp3) is 0.467. The normalized spacial score (nSPS) is 25.0. The van der Waals surface area contributed by atoms with E-state index in [1.165, 1.54) is 11.3 Å². The molecule has 0 spiro atoms. The van der Waals surface area contributed by atoms with E-state index >= 15 is 0 Å². The first-order chi connectivity index (χ1) is 10.8. The first-order valence-corrected chi connectivity index (χ1v) is 9.25. The molecular formula is C15H16N2O3S2. The van der Waals surface area contributed by atoms with E-state index in [-0.39, 0.29) is 11.9 Å². The summed E-state index contributed by atoms with van der Waals surface area (Å²) in [5.41, 5.74) is 0.522. The summed E-state index contributed by atoms with van der Waals surface area (Å²) in [5.74, 6) is 1.71. The molecule has 0 N–H and O–H groups in total. The minimum atomic E-state index is 0.0336. The first-order valence-electron chi connectivity index (χ1n) is 7.32. The van der Waals surface area contributed by atoms with Gasteiger partial charge in [0.05, 0.1) is 12.9 Å². The standard InChI is InChI=1S/C15H16N2O3S2/c18-15(10-9-22-14(16-10)12-2-1-5-20-12)17-4-7-21-13-8-19-6-3-11(13)17/h1-2,5,9,11,13H,3-4,6-8H2/t11-,13+/m1/s1. The van der Waals surface area contributed by atoms with Gasteiger partial charge in [0.25, 0.3) is 5.91 Å². The number of hydrogen-bond donors (Lipinski definition) is 0. The van der Waals surface area contributed by atoms with Crippen molar-refractivity contribution < 1.29 is 13.9 Å². The summed E-state index contributed by atoms with van der Waals surface area (Å²) in [6, 6.07) is 3.96. The predicted molar refractivity (Wildman–Crippen MR) is 86.3 cm³/mol. The van der Waals surface area contributed by atoms with E-state index in [4.69, 9.17) is 9.15 Å². The summed E-state index contributed by atoms with van der Waals surface area (Å²) in [6.07, 6.45) is 2.53. The van der Waals surface area contributed by atoms with E-state index in [9.17, 15) is 4.79 Å². The number of thioether (sulfide) groups is 1. The van der Waals surface area contributed by atoms with Gasteiger partial charge in [-0.15, -0.1) is 11.3 Å². The van der Waals surface area contributed by atoms with Crippen molar-refractivity contribution in [3.05, 3.63) is 29.5 Å². The lowest BCUT2D eigenvalue weighted by atomic mass is 10.1. The van der Waals surface area contributed by atoms with Crippen molar-refractivity contribution in [1.29, 1.82) is 0 Å². The van der Waals surface area contributed by atoms with Crippen LogP contribution in [0.3, 0.4) is 0 Å². The third-order valence-corrected chi connectivity index (χ3v) is 6.20. The van der Waals surface area contributed by atoms with Gasteiger partial charge in [-0.05, 0) is 18.6 Å². The lowest BCUT2D eigenvalue weighted by Crippen LogP contribution is -2.54. The molecule has 7 heteroatoms. The molecule has 2 aliphatic heterocycles. The Labute approximate surface area is 136 Å². The van der Waals surface area contributed by atoms with Crippen LogP contribution in [0.5, 0.6) is 0 Å². The van der Waals surface area contributed by atoms with Crippen molar-refractivity contribution in [3.63, 3.8) is 0 Å². The number of furan rings is 1. The molecule has 4 rings (SSSR count). The number of thiazole rings is 1. The second-order valence-corrected chi connectivity index (χ2v) is 7.56. The number of amides is 1. The fourth-order valence-electron chi connectivity index (χ4n) is 2.97. The van der Waals surface area contributed by atoms with Crippen LogP contribution in [0.1, 0.15) is 16.9 Å². The van der Waals surface area contributed by atoms with Crippen LogP contribution in [0.4, 0.5) is 0 Å². The molecule has 0 unspecified atom stereocenters. The summed E-state index contributed by atoms with van der Waals surface area (Å²) < 4.78 is 10.9. The van der Waals surface area contributed by atoms with Crippen molar-refractivity contribution >= 4 is 29.0 Å². The van der Waals surface area contributed by atoms with Gasteiger partial charge in [-0.3, -0.25) is 4.79 Å². The van der Waals surface area contributed by atoms with E-state index in [2.05, 4.69) is 4.98 Å². The lowest BCUT2D eigenvalue weighted by Gasteiger charge is -2.43. The topological polar surface area (TPSA) is 55.6 Å². The van der Waals surface area contributed by atoms with E-state index in [0.29, 0.717) is 16.7 Å². The van der Waals surface area contributed by atoms with Gasteiger partial charge in [0.15, 0.2) is 10.8 Å². The molecule has 1 amide bonds. The van der Waals surface area contributed by atoms with Crippen molar-refractivity contribution in [2.24, 2.45) is 0 Å². The molecule has 2 aromatic rings. The van der Waals surface area contributed by atoms with Gasteiger partial charge >= 0.3 is 0 Å². The summed E-state index contributed by atoms with van der Waals surface area (Å²) in [5, 5.41) is 2.98. The van der Waals surface area contributed by atoms with Gasteiger partial charge in [-0.1, -0.05) is 0 Å². The Morgan fingerprint density at radius 1 is 1.45 bits per heavy atom. The third-order valence-electron chi connectivity index (χ3n) is 4.05. The summed E-state index contributed by atoms with van der Waals surface area (Å²) in [4.78, 5) is 19.3. The van der Waals surface area contributed by atoms with Crippen LogP contribution in [0.2, 0.25) is 0 Å². The number of hydrogen-bond acceptors (Lipinski definition) is 6. The van der Waals surface area contributed by atoms with Crippen molar-refractivity contribution in [3.8, 4) is 10.8 Å². The first kappa shape index (κ1) is 14.3. The van der Waals surface area contributed by atoms with Gasteiger partial charge in [-0.2, -0.15) is 11.8 Å². The van der Waals surface area contributed by atoms with E-state index in [1.807, 2.05) is 34.2 Å².